The van der Waals surface area contributed by atoms with E-state index < -0.39 is 5.41 Å². The lowest BCUT2D eigenvalue weighted by molar-refractivity contribution is 0.490. The van der Waals surface area contributed by atoms with Gasteiger partial charge in [0, 0.05) is 35.8 Å². The third kappa shape index (κ3) is 3.86. The molecular weight excluding hydrogens is 281 g/mol. The lowest BCUT2D eigenvalue weighted by Crippen LogP contribution is -2.27. The van der Waals surface area contributed by atoms with Crippen LogP contribution in [0.3, 0.4) is 0 Å². The quantitative estimate of drug-likeness (QED) is 0.452. The molecule has 1 aromatic heterocycles. The molecule has 22 heavy (non-hydrogen) atoms. The first-order chi connectivity index (χ1) is 10.6. The van der Waals surface area contributed by atoms with Crippen molar-refractivity contribution in [2.24, 2.45) is 12.2 Å². The molecule has 0 saturated heterocycles. The minimum atomic E-state index is -0.457. The van der Waals surface area contributed by atoms with Crippen LogP contribution in [0.1, 0.15) is 38.4 Å². The molecule has 6 heteroatoms. The SMILES string of the molecule is CC.Cn1cncc1C(C)(CCN=[N+]=[N-])c1cccc(F)c1. The first-order valence-corrected chi connectivity index (χ1v) is 7.31. The highest BCUT2D eigenvalue weighted by atomic mass is 19.1. The Balaban J connectivity index is 0.00000116. The van der Waals surface area contributed by atoms with Gasteiger partial charge in [-0.05, 0) is 36.6 Å². The third-order valence-electron chi connectivity index (χ3n) is 3.62. The highest BCUT2D eigenvalue weighted by Crippen LogP contribution is 2.35. The zero-order valence-corrected chi connectivity index (χ0v) is 13.5. The number of aromatic nitrogens is 2. The van der Waals surface area contributed by atoms with E-state index >= 15 is 0 Å². The second-order valence-electron chi connectivity index (χ2n) is 4.94. The summed E-state index contributed by atoms with van der Waals surface area (Å²) in [5.41, 5.74) is 9.78. The minimum Gasteiger partial charge on any atom is -0.337 e. The first kappa shape index (κ1) is 17.7. The van der Waals surface area contributed by atoms with Crippen molar-refractivity contribution in [3.63, 3.8) is 0 Å². The van der Waals surface area contributed by atoms with E-state index in [9.17, 15) is 4.39 Å². The Labute approximate surface area is 130 Å². The number of hydrogen-bond acceptors (Lipinski definition) is 2. The van der Waals surface area contributed by atoms with E-state index in [2.05, 4.69) is 15.0 Å². The van der Waals surface area contributed by atoms with Crippen LogP contribution in [0.15, 0.2) is 41.9 Å². The number of nitrogens with zero attached hydrogens (tertiary/aromatic N) is 5. The third-order valence-corrected chi connectivity index (χ3v) is 3.62. The van der Waals surface area contributed by atoms with Gasteiger partial charge < -0.3 is 4.57 Å². The van der Waals surface area contributed by atoms with Crippen LogP contribution in [-0.2, 0) is 12.5 Å². The van der Waals surface area contributed by atoms with Crippen molar-refractivity contribution in [3.05, 3.63) is 64.3 Å². The standard InChI is InChI=1S/C14H16FN5.C2H6/c1-14(6-7-18-19-16,13-9-17-10-20(13)2)11-4-3-5-12(15)8-11;1-2/h3-5,8-10H,6-7H2,1-2H3;1-2H3. The van der Waals surface area contributed by atoms with Crippen LogP contribution in [0.2, 0.25) is 0 Å². The van der Waals surface area contributed by atoms with Crippen LogP contribution in [0.5, 0.6) is 0 Å². The maximum absolute atomic E-state index is 13.5. The van der Waals surface area contributed by atoms with E-state index in [4.69, 9.17) is 5.53 Å². The summed E-state index contributed by atoms with van der Waals surface area (Å²) in [7, 11) is 1.90. The summed E-state index contributed by atoms with van der Waals surface area (Å²) < 4.78 is 15.4. The van der Waals surface area contributed by atoms with Crippen molar-refractivity contribution in [3.8, 4) is 0 Å². The Kier molecular flexibility index (Phi) is 6.60. The Hall–Kier alpha value is -2.33. The van der Waals surface area contributed by atoms with Crippen molar-refractivity contribution < 1.29 is 4.39 Å². The van der Waals surface area contributed by atoms with Crippen molar-refractivity contribution in [1.29, 1.82) is 0 Å². The van der Waals surface area contributed by atoms with Gasteiger partial charge in [0.05, 0.1) is 6.33 Å². The Morgan fingerprint density at radius 1 is 1.41 bits per heavy atom. The van der Waals surface area contributed by atoms with E-state index in [0.29, 0.717) is 13.0 Å². The molecule has 0 N–H and O–H groups in total. The zero-order valence-electron chi connectivity index (χ0n) is 13.5. The molecule has 0 saturated carbocycles. The lowest BCUT2D eigenvalue weighted by Gasteiger charge is -2.30. The molecular formula is C16H22FN5. The molecule has 0 amide bonds. The Bertz CT molecular complexity index is 645. The van der Waals surface area contributed by atoms with Crippen molar-refractivity contribution in [2.45, 2.75) is 32.6 Å². The normalized spacial score (nSPS) is 12.6. The van der Waals surface area contributed by atoms with Gasteiger partial charge in [0.1, 0.15) is 5.82 Å². The average Bonchev–Trinajstić information content (AvgIpc) is 2.96. The van der Waals surface area contributed by atoms with Gasteiger partial charge in [-0.25, -0.2) is 9.37 Å². The fourth-order valence-corrected chi connectivity index (χ4v) is 2.46. The molecule has 0 aliphatic heterocycles. The topological polar surface area (TPSA) is 66.6 Å². The van der Waals surface area contributed by atoms with Gasteiger partial charge in [0.15, 0.2) is 0 Å². The number of halogens is 1. The van der Waals surface area contributed by atoms with E-state index in [1.807, 2.05) is 38.5 Å². The molecule has 1 aromatic carbocycles. The Morgan fingerprint density at radius 3 is 2.68 bits per heavy atom. The van der Waals surface area contributed by atoms with Crippen LogP contribution in [-0.4, -0.2) is 16.1 Å². The molecule has 0 aliphatic carbocycles. The van der Waals surface area contributed by atoms with E-state index in [0.717, 1.165) is 11.3 Å². The summed E-state index contributed by atoms with van der Waals surface area (Å²) >= 11 is 0. The number of imidazole rings is 1. The number of rotatable bonds is 5. The largest absolute Gasteiger partial charge is 0.337 e. The summed E-state index contributed by atoms with van der Waals surface area (Å²) in [6.07, 6.45) is 4.06. The molecule has 5 nitrogen and oxygen atoms in total. The number of azide groups is 1. The van der Waals surface area contributed by atoms with Crippen LogP contribution < -0.4 is 0 Å². The monoisotopic (exact) mass is 303 g/mol. The Morgan fingerprint density at radius 2 is 2.14 bits per heavy atom. The smallest absolute Gasteiger partial charge is 0.123 e. The molecule has 0 aliphatic rings. The molecule has 2 rings (SSSR count). The predicted molar refractivity (Wildman–Crippen MR) is 86.0 cm³/mol. The van der Waals surface area contributed by atoms with Crippen LogP contribution in [0.4, 0.5) is 4.39 Å². The molecule has 1 atom stereocenters. The second-order valence-corrected chi connectivity index (χ2v) is 4.94. The summed E-state index contributed by atoms with van der Waals surface area (Å²) in [6, 6.07) is 6.50. The van der Waals surface area contributed by atoms with Crippen LogP contribution in [0.25, 0.3) is 10.4 Å². The number of benzene rings is 1. The van der Waals surface area contributed by atoms with Crippen LogP contribution in [0, 0.1) is 5.82 Å². The maximum Gasteiger partial charge on any atom is 0.123 e. The lowest BCUT2D eigenvalue weighted by atomic mass is 9.76. The van der Waals surface area contributed by atoms with E-state index in [-0.39, 0.29) is 5.82 Å². The van der Waals surface area contributed by atoms with Crippen LogP contribution >= 0.6 is 0 Å². The number of hydrogen-bond donors (Lipinski definition) is 0. The zero-order chi connectivity index (χ0) is 16.6. The fraction of sp³-hybridized carbons (Fsp3) is 0.438. The van der Waals surface area contributed by atoms with Gasteiger partial charge in [0.2, 0.25) is 0 Å². The van der Waals surface area contributed by atoms with Gasteiger partial charge in [-0.2, -0.15) is 0 Å². The molecule has 0 bridgehead atoms. The van der Waals surface area contributed by atoms with Gasteiger partial charge in [-0.15, -0.1) is 0 Å². The summed E-state index contributed by atoms with van der Waals surface area (Å²) in [5.74, 6) is -0.278. The summed E-state index contributed by atoms with van der Waals surface area (Å²) in [4.78, 5) is 6.91. The van der Waals surface area contributed by atoms with E-state index in [1.54, 1.807) is 18.6 Å². The highest BCUT2D eigenvalue weighted by Gasteiger charge is 2.31. The summed E-state index contributed by atoms with van der Waals surface area (Å²) in [5, 5.41) is 3.60. The van der Waals surface area contributed by atoms with Gasteiger partial charge in [-0.3, -0.25) is 0 Å². The molecule has 1 heterocycles. The van der Waals surface area contributed by atoms with E-state index in [1.165, 1.54) is 12.1 Å². The van der Waals surface area contributed by atoms with Crippen molar-refractivity contribution in [2.75, 3.05) is 6.54 Å². The average molecular weight is 303 g/mol. The molecule has 0 spiro atoms. The summed E-state index contributed by atoms with van der Waals surface area (Å²) in [6.45, 7) is 6.35. The van der Waals surface area contributed by atoms with Gasteiger partial charge >= 0.3 is 0 Å². The van der Waals surface area contributed by atoms with Crippen molar-refractivity contribution >= 4 is 0 Å². The highest BCUT2D eigenvalue weighted by molar-refractivity contribution is 5.34. The molecule has 2 aromatic rings. The predicted octanol–water partition coefficient (Wildman–Crippen LogP) is 4.59. The molecule has 118 valence electrons. The van der Waals surface area contributed by atoms with Crippen molar-refractivity contribution in [1.82, 2.24) is 9.55 Å². The molecule has 0 radical (unpaired) electrons. The minimum absolute atomic E-state index is 0.278. The maximum atomic E-state index is 13.5. The van der Waals surface area contributed by atoms with Gasteiger partial charge in [0.25, 0.3) is 0 Å². The second kappa shape index (κ2) is 8.20. The number of aryl methyl sites for hydroxylation is 1. The fourth-order valence-electron chi connectivity index (χ4n) is 2.46. The molecule has 1 unspecified atom stereocenters. The first-order valence-electron chi connectivity index (χ1n) is 7.31. The molecule has 0 fully saturated rings. The van der Waals surface area contributed by atoms with Gasteiger partial charge in [-0.1, -0.05) is 31.1 Å².